The molecule has 1 heterocycles. The second-order valence-corrected chi connectivity index (χ2v) is 5.68. The zero-order valence-corrected chi connectivity index (χ0v) is 11.1. The molecule has 2 aliphatic rings. The predicted octanol–water partition coefficient (Wildman–Crippen LogP) is 2.22. The van der Waals surface area contributed by atoms with E-state index in [0.717, 1.165) is 38.3 Å². The van der Waals surface area contributed by atoms with E-state index in [2.05, 4.69) is 17.6 Å². The van der Waals surface area contributed by atoms with E-state index < -0.39 is 0 Å². The summed E-state index contributed by atoms with van der Waals surface area (Å²) in [5, 5.41) is 6.58. The summed E-state index contributed by atoms with van der Waals surface area (Å²) in [6.45, 7) is 3.99. The highest BCUT2D eigenvalue weighted by atomic mass is 16.2. The molecule has 2 rings (SSSR count). The van der Waals surface area contributed by atoms with Gasteiger partial charge in [-0.1, -0.05) is 26.2 Å². The van der Waals surface area contributed by atoms with Crippen molar-refractivity contribution in [2.45, 2.75) is 63.8 Å². The van der Waals surface area contributed by atoms with Gasteiger partial charge in [0.15, 0.2) is 0 Å². The molecule has 1 unspecified atom stereocenters. The first-order valence-corrected chi connectivity index (χ1v) is 7.30. The first-order valence-electron chi connectivity index (χ1n) is 7.30. The van der Waals surface area contributed by atoms with E-state index in [0.29, 0.717) is 0 Å². The van der Waals surface area contributed by atoms with E-state index >= 15 is 0 Å². The van der Waals surface area contributed by atoms with Gasteiger partial charge in [0.25, 0.3) is 0 Å². The van der Waals surface area contributed by atoms with Crippen LogP contribution in [0, 0.1) is 5.92 Å². The fourth-order valence-electron chi connectivity index (χ4n) is 3.26. The number of amides is 1. The third-order valence-electron chi connectivity index (χ3n) is 4.56. The van der Waals surface area contributed by atoms with Gasteiger partial charge in [-0.3, -0.25) is 4.79 Å². The van der Waals surface area contributed by atoms with Crippen molar-refractivity contribution in [3.8, 4) is 0 Å². The fourth-order valence-corrected chi connectivity index (χ4v) is 3.26. The van der Waals surface area contributed by atoms with Crippen molar-refractivity contribution in [2.75, 3.05) is 13.1 Å². The van der Waals surface area contributed by atoms with E-state index in [1.54, 1.807) is 0 Å². The van der Waals surface area contributed by atoms with Gasteiger partial charge in [-0.2, -0.15) is 0 Å². The second kappa shape index (κ2) is 5.85. The standard InChI is InChI=1S/C14H26N2O/c1-2-14(9-6-10-16-14)13(17)15-11-12-7-4-3-5-8-12/h12,16H,2-11H2,1H3,(H,15,17). The van der Waals surface area contributed by atoms with E-state index in [-0.39, 0.29) is 11.4 Å². The lowest BCUT2D eigenvalue weighted by Crippen LogP contribution is -2.53. The Hall–Kier alpha value is -0.570. The molecule has 0 bridgehead atoms. The van der Waals surface area contributed by atoms with Gasteiger partial charge < -0.3 is 10.6 Å². The maximum Gasteiger partial charge on any atom is 0.240 e. The Bertz CT molecular complexity index is 253. The molecule has 1 saturated carbocycles. The zero-order chi connectivity index (χ0) is 12.1. The molecule has 2 fully saturated rings. The Labute approximate surface area is 105 Å². The molecule has 0 aromatic heterocycles. The molecule has 0 aromatic rings. The van der Waals surface area contributed by atoms with E-state index in [4.69, 9.17) is 0 Å². The van der Waals surface area contributed by atoms with Gasteiger partial charge in [-0.25, -0.2) is 0 Å². The first kappa shape index (κ1) is 12.9. The van der Waals surface area contributed by atoms with Crippen molar-refractivity contribution in [2.24, 2.45) is 5.92 Å². The summed E-state index contributed by atoms with van der Waals surface area (Å²) in [6.07, 6.45) is 9.70. The molecular formula is C14H26N2O. The summed E-state index contributed by atoms with van der Waals surface area (Å²) in [5.41, 5.74) is -0.255. The van der Waals surface area contributed by atoms with Gasteiger partial charge in [0, 0.05) is 6.54 Å². The SMILES string of the molecule is CCC1(C(=O)NCC2CCCCC2)CCCN1. The lowest BCUT2D eigenvalue weighted by Gasteiger charge is -2.29. The van der Waals surface area contributed by atoms with Gasteiger partial charge in [-0.15, -0.1) is 0 Å². The highest BCUT2D eigenvalue weighted by molar-refractivity contribution is 5.86. The number of rotatable bonds is 4. The molecule has 1 amide bonds. The van der Waals surface area contributed by atoms with Gasteiger partial charge in [0.1, 0.15) is 0 Å². The highest BCUT2D eigenvalue weighted by Crippen LogP contribution is 2.25. The summed E-state index contributed by atoms with van der Waals surface area (Å²) in [7, 11) is 0. The van der Waals surface area contributed by atoms with Crippen molar-refractivity contribution in [3.05, 3.63) is 0 Å². The highest BCUT2D eigenvalue weighted by Gasteiger charge is 2.38. The first-order chi connectivity index (χ1) is 8.27. The van der Waals surface area contributed by atoms with Crippen molar-refractivity contribution in [1.82, 2.24) is 10.6 Å². The van der Waals surface area contributed by atoms with Crippen molar-refractivity contribution in [1.29, 1.82) is 0 Å². The minimum absolute atomic E-state index is 0.239. The van der Waals surface area contributed by atoms with E-state index in [1.165, 1.54) is 32.1 Å². The fraction of sp³-hybridized carbons (Fsp3) is 0.929. The van der Waals surface area contributed by atoms with Crippen LogP contribution in [-0.2, 0) is 4.79 Å². The Balaban J connectivity index is 1.79. The molecule has 1 atom stereocenters. The number of carbonyl (C=O) groups excluding carboxylic acids is 1. The number of hydrogen-bond acceptors (Lipinski definition) is 2. The number of nitrogens with one attached hydrogen (secondary N) is 2. The van der Waals surface area contributed by atoms with Gasteiger partial charge in [0.05, 0.1) is 5.54 Å². The van der Waals surface area contributed by atoms with Crippen LogP contribution in [0.5, 0.6) is 0 Å². The van der Waals surface area contributed by atoms with Crippen LogP contribution >= 0.6 is 0 Å². The maximum atomic E-state index is 12.3. The van der Waals surface area contributed by atoms with Crippen LogP contribution in [0.3, 0.4) is 0 Å². The van der Waals surface area contributed by atoms with Crippen LogP contribution in [0.25, 0.3) is 0 Å². The Morgan fingerprint density at radius 1 is 1.29 bits per heavy atom. The Morgan fingerprint density at radius 2 is 2.06 bits per heavy atom. The average Bonchev–Trinajstić information content (AvgIpc) is 2.87. The summed E-state index contributed by atoms with van der Waals surface area (Å²) in [6, 6.07) is 0. The largest absolute Gasteiger partial charge is 0.354 e. The summed E-state index contributed by atoms with van der Waals surface area (Å²) < 4.78 is 0. The lowest BCUT2D eigenvalue weighted by atomic mass is 9.88. The van der Waals surface area contributed by atoms with Gasteiger partial charge >= 0.3 is 0 Å². The quantitative estimate of drug-likeness (QED) is 0.788. The molecule has 1 aliphatic carbocycles. The van der Waals surface area contributed by atoms with Crippen LogP contribution in [0.15, 0.2) is 0 Å². The minimum Gasteiger partial charge on any atom is -0.354 e. The molecule has 0 aromatic carbocycles. The average molecular weight is 238 g/mol. The van der Waals surface area contributed by atoms with Gasteiger partial charge in [0.2, 0.25) is 5.91 Å². The molecular weight excluding hydrogens is 212 g/mol. The minimum atomic E-state index is -0.255. The Morgan fingerprint density at radius 3 is 2.65 bits per heavy atom. The molecule has 17 heavy (non-hydrogen) atoms. The summed E-state index contributed by atoms with van der Waals surface area (Å²) in [5.74, 6) is 0.964. The van der Waals surface area contributed by atoms with Crippen molar-refractivity contribution in [3.63, 3.8) is 0 Å². The molecule has 2 N–H and O–H groups in total. The summed E-state index contributed by atoms with van der Waals surface area (Å²) >= 11 is 0. The van der Waals surface area contributed by atoms with Crippen LogP contribution in [0.2, 0.25) is 0 Å². The van der Waals surface area contributed by atoms with Crippen LogP contribution in [-0.4, -0.2) is 24.5 Å². The molecule has 3 nitrogen and oxygen atoms in total. The van der Waals surface area contributed by atoms with Crippen LogP contribution in [0.1, 0.15) is 58.3 Å². The maximum absolute atomic E-state index is 12.3. The van der Waals surface area contributed by atoms with Crippen LogP contribution in [0.4, 0.5) is 0 Å². The van der Waals surface area contributed by atoms with Gasteiger partial charge in [-0.05, 0) is 44.6 Å². The second-order valence-electron chi connectivity index (χ2n) is 5.68. The molecule has 3 heteroatoms. The monoisotopic (exact) mass is 238 g/mol. The normalized spacial score (nSPS) is 30.4. The third kappa shape index (κ3) is 3.01. The van der Waals surface area contributed by atoms with E-state index in [9.17, 15) is 4.79 Å². The topological polar surface area (TPSA) is 41.1 Å². The number of carbonyl (C=O) groups is 1. The number of hydrogen-bond donors (Lipinski definition) is 2. The third-order valence-corrected chi connectivity index (χ3v) is 4.56. The lowest BCUT2D eigenvalue weighted by molar-refractivity contribution is -0.127. The molecule has 1 aliphatic heterocycles. The Kier molecular flexibility index (Phi) is 4.43. The molecule has 1 saturated heterocycles. The zero-order valence-electron chi connectivity index (χ0n) is 11.1. The smallest absolute Gasteiger partial charge is 0.240 e. The summed E-state index contributed by atoms with van der Waals surface area (Å²) in [4.78, 5) is 12.3. The molecule has 0 radical (unpaired) electrons. The molecule has 98 valence electrons. The van der Waals surface area contributed by atoms with Crippen LogP contribution < -0.4 is 10.6 Å². The molecule has 0 spiro atoms. The van der Waals surface area contributed by atoms with E-state index in [1.807, 2.05) is 0 Å². The van der Waals surface area contributed by atoms with Crippen molar-refractivity contribution >= 4 is 5.91 Å². The van der Waals surface area contributed by atoms with Crippen molar-refractivity contribution < 1.29 is 4.79 Å². The predicted molar refractivity (Wildman–Crippen MR) is 69.8 cm³/mol.